The maximum atomic E-state index is 12.3. The molecule has 21 heavy (non-hydrogen) atoms. The molecule has 2 aliphatic heterocycles. The molecule has 1 unspecified atom stereocenters. The second-order valence-corrected chi connectivity index (χ2v) is 5.51. The zero-order valence-corrected chi connectivity index (χ0v) is 12.7. The minimum atomic E-state index is -1.01. The van der Waals surface area contributed by atoms with Gasteiger partial charge in [-0.3, -0.25) is 4.90 Å². The lowest BCUT2D eigenvalue weighted by Crippen LogP contribution is -2.49. The van der Waals surface area contributed by atoms with Gasteiger partial charge in [-0.05, 0) is 6.08 Å². The monoisotopic (exact) mass is 330 g/mol. The molecule has 2 aliphatic rings. The first-order valence-electron chi connectivity index (χ1n) is 6.30. The largest absolute Gasteiger partial charge is 0.478 e. The third-order valence-electron chi connectivity index (χ3n) is 3.36. The van der Waals surface area contributed by atoms with Gasteiger partial charge in [-0.25, -0.2) is 14.6 Å². The van der Waals surface area contributed by atoms with Gasteiger partial charge in [-0.2, -0.15) is 0 Å². The predicted molar refractivity (Wildman–Crippen MR) is 82.1 cm³/mol. The number of urea groups is 1. The van der Waals surface area contributed by atoms with Crippen LogP contribution in [-0.4, -0.2) is 59.2 Å². The number of thiazole rings is 1. The van der Waals surface area contributed by atoms with Crippen LogP contribution in [0, 0.1) is 0 Å². The van der Waals surface area contributed by atoms with Crippen LogP contribution in [-0.2, 0) is 4.79 Å². The van der Waals surface area contributed by atoms with Crippen molar-refractivity contribution in [3.05, 3.63) is 17.2 Å². The van der Waals surface area contributed by atoms with Gasteiger partial charge in [0.2, 0.25) is 0 Å². The Kier molecular flexibility index (Phi) is 4.81. The molecule has 0 aromatic carbocycles. The van der Waals surface area contributed by atoms with Gasteiger partial charge >= 0.3 is 12.0 Å². The standard InChI is InChI=1S/C12H14N4O3S.ClH/c17-10(18)2-1-8-7-20-11(14-8)16-6-9-5-13-3-4-15(9)12(16)19;/h1-2,7,9,13H,3-6H2,(H,17,18);1H/b2-1+;. The fourth-order valence-corrected chi connectivity index (χ4v) is 3.21. The smallest absolute Gasteiger partial charge is 0.328 e. The number of carboxylic acid groups (broad SMARTS) is 1. The first kappa shape index (κ1) is 15.7. The maximum Gasteiger partial charge on any atom is 0.328 e. The van der Waals surface area contributed by atoms with Crippen molar-refractivity contribution in [2.45, 2.75) is 6.04 Å². The molecule has 3 heterocycles. The van der Waals surface area contributed by atoms with Crippen molar-refractivity contribution in [2.24, 2.45) is 0 Å². The molecule has 2 amide bonds. The van der Waals surface area contributed by atoms with Gasteiger partial charge in [-0.1, -0.05) is 0 Å². The van der Waals surface area contributed by atoms with E-state index in [1.807, 2.05) is 4.90 Å². The average molecular weight is 331 g/mol. The summed E-state index contributed by atoms with van der Waals surface area (Å²) in [5.41, 5.74) is 0.559. The lowest BCUT2D eigenvalue weighted by atomic mass is 10.2. The third kappa shape index (κ3) is 3.17. The molecule has 2 saturated heterocycles. The number of halogens is 1. The predicted octanol–water partition coefficient (Wildman–Crippen LogP) is 0.876. The van der Waals surface area contributed by atoms with Gasteiger partial charge in [0.1, 0.15) is 0 Å². The highest BCUT2D eigenvalue weighted by molar-refractivity contribution is 7.14. The molecule has 1 aromatic rings. The molecule has 0 aliphatic carbocycles. The van der Waals surface area contributed by atoms with E-state index in [1.165, 1.54) is 17.4 Å². The summed E-state index contributed by atoms with van der Waals surface area (Å²) in [5, 5.41) is 14.2. The number of hydrogen-bond acceptors (Lipinski definition) is 5. The Morgan fingerprint density at radius 3 is 3.10 bits per heavy atom. The first-order valence-corrected chi connectivity index (χ1v) is 7.18. The molecular formula is C12H15ClN4O3S. The average Bonchev–Trinajstić information content (AvgIpc) is 3.02. The molecule has 2 N–H and O–H groups in total. The van der Waals surface area contributed by atoms with E-state index in [4.69, 9.17) is 5.11 Å². The van der Waals surface area contributed by atoms with Gasteiger partial charge in [0, 0.05) is 31.1 Å². The van der Waals surface area contributed by atoms with Crippen LogP contribution < -0.4 is 10.2 Å². The van der Waals surface area contributed by atoms with Crippen molar-refractivity contribution < 1.29 is 14.7 Å². The number of aliphatic carboxylic acids is 1. The summed E-state index contributed by atoms with van der Waals surface area (Å²) < 4.78 is 0. The Balaban J connectivity index is 0.00000161. The van der Waals surface area contributed by atoms with Gasteiger partial charge in [0.05, 0.1) is 18.3 Å². The van der Waals surface area contributed by atoms with E-state index >= 15 is 0 Å². The van der Waals surface area contributed by atoms with Crippen LogP contribution in [0.25, 0.3) is 6.08 Å². The quantitative estimate of drug-likeness (QED) is 0.803. The molecular weight excluding hydrogens is 316 g/mol. The van der Waals surface area contributed by atoms with Gasteiger partial charge in [-0.15, -0.1) is 23.7 Å². The van der Waals surface area contributed by atoms with Crippen molar-refractivity contribution in [3.8, 4) is 0 Å². The van der Waals surface area contributed by atoms with Crippen LogP contribution in [0.1, 0.15) is 5.69 Å². The molecule has 9 heteroatoms. The molecule has 114 valence electrons. The number of piperazine rings is 1. The summed E-state index contributed by atoms with van der Waals surface area (Å²) in [6, 6.07) is 0.178. The fraction of sp³-hybridized carbons (Fsp3) is 0.417. The van der Waals surface area contributed by atoms with E-state index in [1.54, 1.807) is 10.3 Å². The first-order chi connectivity index (χ1) is 9.65. The van der Waals surface area contributed by atoms with Gasteiger partial charge in [0.25, 0.3) is 0 Å². The minimum absolute atomic E-state index is 0. The number of anilines is 1. The summed E-state index contributed by atoms with van der Waals surface area (Å²) in [4.78, 5) is 30.6. The van der Waals surface area contributed by atoms with Crippen LogP contribution in [0.3, 0.4) is 0 Å². The summed E-state index contributed by atoms with van der Waals surface area (Å²) in [6.07, 6.45) is 2.47. The van der Waals surface area contributed by atoms with Crippen LogP contribution >= 0.6 is 23.7 Å². The summed E-state index contributed by atoms with van der Waals surface area (Å²) in [5.74, 6) is -1.01. The summed E-state index contributed by atoms with van der Waals surface area (Å²) in [7, 11) is 0. The highest BCUT2D eigenvalue weighted by atomic mass is 35.5. The fourth-order valence-electron chi connectivity index (χ4n) is 2.41. The summed E-state index contributed by atoms with van der Waals surface area (Å²) >= 11 is 1.35. The van der Waals surface area contributed by atoms with Crippen LogP contribution in [0.2, 0.25) is 0 Å². The molecule has 0 saturated carbocycles. The van der Waals surface area contributed by atoms with E-state index in [0.717, 1.165) is 25.7 Å². The summed E-state index contributed by atoms with van der Waals surface area (Å²) in [6.45, 7) is 2.97. The zero-order valence-electron chi connectivity index (χ0n) is 11.1. The molecule has 0 spiro atoms. The Hall–Kier alpha value is -1.64. The SMILES string of the molecule is Cl.O=C(O)/C=C/c1csc(N2CC3CNCCN3C2=O)n1. The number of carbonyl (C=O) groups is 2. The van der Waals surface area contributed by atoms with Crippen molar-refractivity contribution in [1.82, 2.24) is 15.2 Å². The molecule has 2 fully saturated rings. The maximum absolute atomic E-state index is 12.3. The van der Waals surface area contributed by atoms with Crippen molar-refractivity contribution >= 4 is 47.0 Å². The second-order valence-electron chi connectivity index (χ2n) is 4.67. The van der Waals surface area contributed by atoms with Crippen LogP contribution in [0.15, 0.2) is 11.5 Å². The topological polar surface area (TPSA) is 85.8 Å². The Morgan fingerprint density at radius 1 is 1.57 bits per heavy atom. The highest BCUT2D eigenvalue weighted by Crippen LogP contribution is 2.28. The Bertz CT molecular complexity index is 577. The third-order valence-corrected chi connectivity index (χ3v) is 4.24. The minimum Gasteiger partial charge on any atom is -0.478 e. The van der Waals surface area contributed by atoms with E-state index in [9.17, 15) is 9.59 Å². The number of carbonyl (C=O) groups excluding carboxylic acids is 1. The number of amides is 2. The number of hydrogen-bond donors (Lipinski definition) is 2. The lowest BCUT2D eigenvalue weighted by molar-refractivity contribution is -0.131. The number of aromatic nitrogens is 1. The number of rotatable bonds is 3. The normalized spacial score (nSPS) is 21.5. The van der Waals surface area contributed by atoms with Gasteiger partial charge in [0.15, 0.2) is 5.13 Å². The highest BCUT2D eigenvalue weighted by Gasteiger charge is 2.40. The molecule has 0 bridgehead atoms. The van der Waals surface area contributed by atoms with Crippen molar-refractivity contribution in [1.29, 1.82) is 0 Å². The van der Waals surface area contributed by atoms with E-state index < -0.39 is 5.97 Å². The second kappa shape index (κ2) is 6.42. The Morgan fingerprint density at radius 2 is 2.38 bits per heavy atom. The molecule has 3 rings (SSSR count). The van der Waals surface area contributed by atoms with Crippen LogP contribution in [0.4, 0.5) is 9.93 Å². The van der Waals surface area contributed by atoms with Crippen LogP contribution in [0.5, 0.6) is 0 Å². The number of carboxylic acids is 1. The lowest BCUT2D eigenvalue weighted by Gasteiger charge is -2.28. The van der Waals surface area contributed by atoms with Crippen molar-refractivity contribution in [3.63, 3.8) is 0 Å². The zero-order chi connectivity index (χ0) is 14.1. The van der Waals surface area contributed by atoms with Crippen molar-refractivity contribution in [2.75, 3.05) is 31.1 Å². The van der Waals surface area contributed by atoms with Gasteiger partial charge < -0.3 is 15.3 Å². The van der Waals surface area contributed by atoms with E-state index in [-0.39, 0.29) is 24.5 Å². The Labute approximate surface area is 131 Å². The molecule has 1 atom stereocenters. The van der Waals surface area contributed by atoms with E-state index in [0.29, 0.717) is 17.4 Å². The number of fused-ring (bicyclic) bond motifs is 1. The number of nitrogens with one attached hydrogen (secondary N) is 1. The molecule has 1 aromatic heterocycles. The molecule has 0 radical (unpaired) electrons. The molecule has 7 nitrogen and oxygen atoms in total. The number of nitrogens with zero attached hydrogens (tertiary/aromatic N) is 3. The van der Waals surface area contributed by atoms with E-state index in [2.05, 4.69) is 10.3 Å².